The Bertz CT molecular complexity index is 506. The highest BCUT2D eigenvalue weighted by Crippen LogP contribution is 2.04. The van der Waals surface area contributed by atoms with Gasteiger partial charge in [0.25, 0.3) is 0 Å². The van der Waals surface area contributed by atoms with Crippen LogP contribution in [-0.4, -0.2) is 5.78 Å². The number of rotatable bonds is 1. The van der Waals surface area contributed by atoms with E-state index in [1.54, 1.807) is 6.92 Å². The molecule has 70 valence electrons. The lowest BCUT2D eigenvalue weighted by Crippen LogP contribution is -2.27. The quantitative estimate of drug-likeness (QED) is 0.640. The van der Waals surface area contributed by atoms with E-state index >= 15 is 0 Å². The fourth-order valence-electron chi connectivity index (χ4n) is 1.72. The number of fused-ring (bicyclic) bond motifs is 1. The minimum atomic E-state index is 0.164. The molecule has 0 amide bonds. The molecule has 0 spiro atoms. The summed E-state index contributed by atoms with van der Waals surface area (Å²) >= 11 is 0. The lowest BCUT2D eigenvalue weighted by atomic mass is 10.1. The monoisotopic (exact) mass is 184 g/mol. The maximum absolute atomic E-state index is 11.4. The van der Waals surface area contributed by atoms with Crippen LogP contribution in [0.15, 0.2) is 36.4 Å². The first-order chi connectivity index (χ1) is 6.79. The van der Waals surface area contributed by atoms with Gasteiger partial charge in [0, 0.05) is 5.57 Å². The van der Waals surface area contributed by atoms with Crippen LogP contribution in [0.3, 0.4) is 0 Å². The van der Waals surface area contributed by atoms with Crippen LogP contribution in [0, 0.1) is 0 Å². The van der Waals surface area contributed by atoms with Crippen LogP contribution < -0.4 is 10.4 Å². The van der Waals surface area contributed by atoms with E-state index in [0.29, 0.717) is 0 Å². The fraction of sp³-hybridized carbons (Fsp3) is 0.154. The Morgan fingerprint density at radius 1 is 1.29 bits per heavy atom. The van der Waals surface area contributed by atoms with Gasteiger partial charge in [0.05, 0.1) is 0 Å². The Hall–Kier alpha value is -1.63. The van der Waals surface area contributed by atoms with Gasteiger partial charge in [-0.1, -0.05) is 42.5 Å². The number of hydrogen-bond acceptors (Lipinski definition) is 1. The third kappa shape index (κ3) is 1.53. The highest BCUT2D eigenvalue weighted by Gasteiger charge is 2.04. The van der Waals surface area contributed by atoms with Crippen LogP contribution in [0.4, 0.5) is 0 Å². The largest absolute Gasteiger partial charge is 0.295 e. The van der Waals surface area contributed by atoms with Crippen molar-refractivity contribution in [2.75, 3.05) is 0 Å². The second-order valence-corrected chi connectivity index (χ2v) is 3.42. The van der Waals surface area contributed by atoms with E-state index < -0.39 is 0 Å². The zero-order chi connectivity index (χ0) is 9.97. The van der Waals surface area contributed by atoms with Gasteiger partial charge >= 0.3 is 0 Å². The molecule has 0 saturated heterocycles. The Kier molecular flexibility index (Phi) is 2.32. The molecule has 0 aliphatic heterocycles. The molecular weight excluding hydrogens is 172 g/mol. The van der Waals surface area contributed by atoms with E-state index in [1.807, 2.05) is 42.5 Å². The molecule has 1 aliphatic carbocycles. The Morgan fingerprint density at radius 2 is 2.07 bits per heavy atom. The zero-order valence-corrected chi connectivity index (χ0v) is 8.16. The van der Waals surface area contributed by atoms with Gasteiger partial charge in [0.1, 0.15) is 0 Å². The second-order valence-electron chi connectivity index (χ2n) is 3.42. The van der Waals surface area contributed by atoms with E-state index in [1.165, 1.54) is 0 Å². The number of carbonyl (C=O) groups is 1. The Balaban J connectivity index is 2.86. The summed E-state index contributed by atoms with van der Waals surface area (Å²) in [5.74, 6) is 0.164. The van der Waals surface area contributed by atoms with E-state index in [0.717, 1.165) is 22.4 Å². The second kappa shape index (κ2) is 3.62. The summed E-state index contributed by atoms with van der Waals surface area (Å²) in [4.78, 5) is 11.4. The average molecular weight is 184 g/mol. The van der Waals surface area contributed by atoms with Crippen LogP contribution in [-0.2, 0) is 4.79 Å². The van der Waals surface area contributed by atoms with E-state index in [-0.39, 0.29) is 5.78 Å². The highest BCUT2D eigenvalue weighted by atomic mass is 16.1. The number of Topliss-reactive ketones (excluding diaryl/α,β-unsaturated/α-hetero) is 1. The zero-order valence-electron chi connectivity index (χ0n) is 8.16. The Morgan fingerprint density at radius 3 is 2.86 bits per heavy atom. The van der Waals surface area contributed by atoms with Gasteiger partial charge in [-0.15, -0.1) is 0 Å². The number of benzene rings is 1. The topological polar surface area (TPSA) is 17.1 Å². The van der Waals surface area contributed by atoms with Crippen molar-refractivity contribution in [3.8, 4) is 0 Å². The van der Waals surface area contributed by atoms with Gasteiger partial charge in [-0.3, -0.25) is 4.79 Å². The summed E-state index contributed by atoms with van der Waals surface area (Å²) in [5.41, 5.74) is 0.908. The summed E-state index contributed by atoms with van der Waals surface area (Å²) in [6.07, 6.45) is 6.82. The fourth-order valence-corrected chi connectivity index (χ4v) is 1.72. The summed E-state index contributed by atoms with van der Waals surface area (Å²) in [7, 11) is 0. The number of allylic oxidation sites excluding steroid dienone is 2. The van der Waals surface area contributed by atoms with Gasteiger partial charge in [0.2, 0.25) is 0 Å². The van der Waals surface area contributed by atoms with E-state index in [4.69, 9.17) is 0 Å². The molecule has 14 heavy (non-hydrogen) atoms. The molecule has 1 aromatic rings. The standard InChI is InChI=1S/C13H12O/c1-10(14)12-8-4-2-6-11-7-3-5-9-13(11)12/h2-7,9H,8H2,1H3. The number of ketones is 1. The maximum Gasteiger partial charge on any atom is 0.156 e. The molecule has 0 fully saturated rings. The molecule has 1 heteroatoms. The molecule has 0 atom stereocenters. The first-order valence-electron chi connectivity index (χ1n) is 4.75. The van der Waals surface area contributed by atoms with Crippen molar-refractivity contribution in [1.29, 1.82) is 0 Å². The van der Waals surface area contributed by atoms with Crippen molar-refractivity contribution in [1.82, 2.24) is 0 Å². The highest BCUT2D eigenvalue weighted by molar-refractivity contribution is 6.13. The van der Waals surface area contributed by atoms with Crippen molar-refractivity contribution in [2.24, 2.45) is 0 Å². The molecule has 1 aromatic carbocycles. The first-order valence-corrected chi connectivity index (χ1v) is 4.75. The molecule has 1 nitrogen and oxygen atoms in total. The van der Waals surface area contributed by atoms with Gasteiger partial charge in [0.15, 0.2) is 5.78 Å². The molecule has 0 heterocycles. The van der Waals surface area contributed by atoms with E-state index in [2.05, 4.69) is 0 Å². The van der Waals surface area contributed by atoms with Gasteiger partial charge in [-0.2, -0.15) is 0 Å². The van der Waals surface area contributed by atoms with Crippen molar-refractivity contribution >= 4 is 17.4 Å². The smallest absolute Gasteiger partial charge is 0.156 e. The SMILES string of the molecule is CC(=O)C1=c2ccccc2=CC=CC1. The van der Waals surface area contributed by atoms with Crippen LogP contribution in [0.1, 0.15) is 13.3 Å². The van der Waals surface area contributed by atoms with Crippen molar-refractivity contribution in [3.05, 3.63) is 46.9 Å². The van der Waals surface area contributed by atoms with E-state index in [9.17, 15) is 4.79 Å². The third-order valence-corrected chi connectivity index (χ3v) is 2.44. The summed E-state index contributed by atoms with van der Waals surface area (Å²) < 4.78 is 0. The summed E-state index contributed by atoms with van der Waals surface area (Å²) in [6, 6.07) is 8.01. The molecule has 0 N–H and O–H groups in total. The molecule has 0 bridgehead atoms. The van der Waals surface area contributed by atoms with Crippen LogP contribution >= 0.6 is 0 Å². The normalized spacial score (nSPS) is 14.2. The summed E-state index contributed by atoms with van der Waals surface area (Å²) in [5, 5.41) is 2.21. The minimum Gasteiger partial charge on any atom is -0.295 e. The number of hydrogen-bond donors (Lipinski definition) is 0. The molecule has 0 aromatic heterocycles. The number of carbonyl (C=O) groups excluding carboxylic acids is 1. The first kappa shape index (κ1) is 8.95. The van der Waals surface area contributed by atoms with Gasteiger partial charge < -0.3 is 0 Å². The average Bonchev–Trinajstić information content (AvgIpc) is 2.39. The van der Waals surface area contributed by atoms with Crippen LogP contribution in [0.5, 0.6) is 0 Å². The van der Waals surface area contributed by atoms with Crippen molar-refractivity contribution in [2.45, 2.75) is 13.3 Å². The lowest BCUT2D eigenvalue weighted by molar-refractivity contribution is -0.112. The molecule has 2 rings (SSSR count). The predicted octanol–water partition coefficient (Wildman–Crippen LogP) is 1.17. The molecule has 0 saturated carbocycles. The maximum atomic E-state index is 11.4. The van der Waals surface area contributed by atoms with Gasteiger partial charge in [-0.05, 0) is 23.8 Å². The minimum absolute atomic E-state index is 0.164. The third-order valence-electron chi connectivity index (χ3n) is 2.44. The molecular formula is C13H12O. The summed E-state index contributed by atoms with van der Waals surface area (Å²) in [6.45, 7) is 1.63. The predicted molar refractivity (Wildman–Crippen MR) is 58.0 cm³/mol. The molecule has 1 aliphatic rings. The van der Waals surface area contributed by atoms with Gasteiger partial charge in [-0.25, -0.2) is 0 Å². The van der Waals surface area contributed by atoms with Crippen molar-refractivity contribution in [3.63, 3.8) is 0 Å². The lowest BCUT2D eigenvalue weighted by Gasteiger charge is -1.98. The Labute approximate surface area is 83.1 Å². The van der Waals surface area contributed by atoms with Crippen molar-refractivity contribution < 1.29 is 4.79 Å². The van der Waals surface area contributed by atoms with Crippen LogP contribution in [0.25, 0.3) is 11.6 Å². The molecule has 0 unspecified atom stereocenters. The molecule has 0 radical (unpaired) electrons. The van der Waals surface area contributed by atoms with Crippen LogP contribution in [0.2, 0.25) is 0 Å².